The average molecular weight is 386 g/mol. The van der Waals surface area contributed by atoms with Crippen LogP contribution >= 0.6 is 11.3 Å². The molecule has 1 atom stereocenters. The molecule has 3 heterocycles. The molecule has 6 nitrogen and oxygen atoms in total. The first kappa shape index (κ1) is 17.4. The molecular weight excluding hydrogens is 358 g/mol. The van der Waals surface area contributed by atoms with Crippen LogP contribution in [0.3, 0.4) is 0 Å². The minimum atomic E-state index is 0.177. The summed E-state index contributed by atoms with van der Waals surface area (Å²) in [5, 5.41) is 4.38. The molecule has 1 aliphatic heterocycles. The first-order chi connectivity index (χ1) is 13.2. The summed E-state index contributed by atoms with van der Waals surface area (Å²) in [6, 6.07) is 0.445. The number of fused-ring (bicyclic) bond motifs is 3. The lowest BCUT2D eigenvalue weighted by Crippen LogP contribution is -2.50. The quantitative estimate of drug-likeness (QED) is 0.874. The van der Waals surface area contributed by atoms with Crippen LogP contribution in [-0.2, 0) is 17.6 Å². The molecule has 7 heteroatoms. The second kappa shape index (κ2) is 7.02. The Labute approximate surface area is 164 Å². The largest absolute Gasteiger partial charge is 0.353 e. The van der Waals surface area contributed by atoms with Crippen molar-refractivity contribution in [1.29, 1.82) is 0 Å². The lowest BCUT2D eigenvalue weighted by molar-refractivity contribution is -0.122. The van der Waals surface area contributed by atoms with Crippen molar-refractivity contribution in [2.45, 2.75) is 45.1 Å². The highest BCUT2D eigenvalue weighted by Gasteiger charge is 2.28. The van der Waals surface area contributed by atoms with Crippen molar-refractivity contribution in [1.82, 2.24) is 20.2 Å². The van der Waals surface area contributed by atoms with Crippen LogP contribution in [0.15, 0.2) is 6.33 Å². The van der Waals surface area contributed by atoms with Gasteiger partial charge in [0, 0.05) is 37.1 Å². The van der Waals surface area contributed by atoms with Crippen LogP contribution in [0.1, 0.15) is 36.6 Å². The van der Waals surface area contributed by atoms with Crippen LogP contribution in [-0.4, -0.2) is 59.5 Å². The van der Waals surface area contributed by atoms with E-state index >= 15 is 0 Å². The van der Waals surface area contributed by atoms with E-state index in [0.29, 0.717) is 12.6 Å². The third-order valence-corrected chi connectivity index (χ3v) is 7.22. The highest BCUT2D eigenvalue weighted by atomic mass is 32.1. The van der Waals surface area contributed by atoms with Gasteiger partial charge in [-0.1, -0.05) is 6.92 Å². The van der Waals surface area contributed by atoms with E-state index in [1.165, 1.54) is 28.7 Å². The van der Waals surface area contributed by atoms with E-state index in [-0.39, 0.29) is 5.91 Å². The number of piperazine rings is 1. The predicted octanol–water partition coefficient (Wildman–Crippen LogP) is 2.22. The Morgan fingerprint density at radius 2 is 2.04 bits per heavy atom. The van der Waals surface area contributed by atoms with Crippen LogP contribution < -0.4 is 10.2 Å². The van der Waals surface area contributed by atoms with Gasteiger partial charge in [-0.05, 0) is 43.6 Å². The smallest absolute Gasteiger partial charge is 0.234 e. The minimum absolute atomic E-state index is 0.177. The molecule has 1 saturated carbocycles. The third kappa shape index (κ3) is 3.55. The lowest BCUT2D eigenvalue weighted by atomic mass is 9.89. The first-order valence-corrected chi connectivity index (χ1v) is 11.0. The van der Waals surface area contributed by atoms with Gasteiger partial charge in [0.15, 0.2) is 0 Å². The average Bonchev–Trinajstić information content (AvgIpc) is 3.39. The lowest BCUT2D eigenvalue weighted by Gasteiger charge is -2.35. The molecule has 2 aliphatic carbocycles. The molecule has 27 heavy (non-hydrogen) atoms. The molecule has 2 aromatic rings. The molecule has 5 rings (SSSR count). The number of aromatic nitrogens is 2. The maximum absolute atomic E-state index is 12.1. The van der Waals surface area contributed by atoms with Crippen LogP contribution in [0.5, 0.6) is 0 Å². The van der Waals surface area contributed by atoms with Gasteiger partial charge in [-0.2, -0.15) is 0 Å². The molecule has 1 amide bonds. The monoisotopic (exact) mass is 385 g/mol. The van der Waals surface area contributed by atoms with Crippen LogP contribution in [0, 0.1) is 5.92 Å². The fourth-order valence-corrected chi connectivity index (χ4v) is 5.67. The summed E-state index contributed by atoms with van der Waals surface area (Å²) < 4.78 is 0. The number of nitrogens with one attached hydrogen (secondary N) is 1. The van der Waals surface area contributed by atoms with Gasteiger partial charge in [0.1, 0.15) is 17.0 Å². The molecule has 2 aromatic heterocycles. The van der Waals surface area contributed by atoms with Crippen molar-refractivity contribution in [2.75, 3.05) is 37.6 Å². The normalized spacial score (nSPS) is 23.4. The molecule has 1 N–H and O–H groups in total. The van der Waals surface area contributed by atoms with E-state index in [0.717, 1.165) is 62.0 Å². The van der Waals surface area contributed by atoms with Crippen molar-refractivity contribution < 1.29 is 4.79 Å². The number of rotatable bonds is 4. The van der Waals surface area contributed by atoms with Crippen molar-refractivity contribution in [3.63, 3.8) is 0 Å². The standard InChI is InChI=1S/C20H27N5OS/c1-13-2-5-15-16(10-13)27-20-18(15)19(21-12-22-20)25-8-6-24(7-9-25)11-17(26)23-14-3-4-14/h12-14H,2-11H2,1H3,(H,23,26)/t13-/m1/s1. The van der Waals surface area contributed by atoms with Gasteiger partial charge >= 0.3 is 0 Å². The van der Waals surface area contributed by atoms with E-state index in [9.17, 15) is 4.79 Å². The first-order valence-electron chi connectivity index (χ1n) is 10.2. The van der Waals surface area contributed by atoms with Gasteiger partial charge in [-0.25, -0.2) is 9.97 Å². The topological polar surface area (TPSA) is 61.4 Å². The minimum Gasteiger partial charge on any atom is -0.353 e. The van der Waals surface area contributed by atoms with E-state index in [2.05, 4.69) is 32.0 Å². The summed E-state index contributed by atoms with van der Waals surface area (Å²) >= 11 is 1.86. The van der Waals surface area contributed by atoms with Crippen LogP contribution in [0.4, 0.5) is 5.82 Å². The fourth-order valence-electron chi connectivity index (χ4n) is 4.32. The Hall–Kier alpha value is -1.73. The number of carbonyl (C=O) groups excluding carboxylic acids is 1. The molecule has 0 aromatic carbocycles. The van der Waals surface area contributed by atoms with E-state index in [1.54, 1.807) is 6.33 Å². The number of nitrogens with zero attached hydrogens (tertiary/aromatic N) is 4. The summed E-state index contributed by atoms with van der Waals surface area (Å²) in [5.41, 5.74) is 1.50. The zero-order chi connectivity index (χ0) is 18.4. The highest BCUT2D eigenvalue weighted by molar-refractivity contribution is 7.19. The van der Waals surface area contributed by atoms with Gasteiger partial charge in [0.2, 0.25) is 5.91 Å². The summed E-state index contributed by atoms with van der Waals surface area (Å²) in [4.78, 5) is 28.6. The van der Waals surface area contributed by atoms with Gasteiger partial charge in [-0.3, -0.25) is 9.69 Å². The Kier molecular flexibility index (Phi) is 4.52. The second-order valence-corrected chi connectivity index (χ2v) is 9.42. The maximum atomic E-state index is 12.1. The summed E-state index contributed by atoms with van der Waals surface area (Å²) in [6.45, 7) is 6.53. The highest BCUT2D eigenvalue weighted by Crippen LogP contribution is 2.40. The number of anilines is 1. The predicted molar refractivity (Wildman–Crippen MR) is 108 cm³/mol. The van der Waals surface area contributed by atoms with Crippen molar-refractivity contribution >= 4 is 33.3 Å². The Morgan fingerprint density at radius 3 is 2.81 bits per heavy atom. The van der Waals surface area contributed by atoms with Crippen molar-refractivity contribution in [2.24, 2.45) is 5.92 Å². The van der Waals surface area contributed by atoms with Gasteiger partial charge in [0.05, 0.1) is 11.9 Å². The van der Waals surface area contributed by atoms with Crippen LogP contribution in [0.25, 0.3) is 10.2 Å². The zero-order valence-corrected chi connectivity index (χ0v) is 16.7. The number of carbonyl (C=O) groups is 1. The molecule has 0 radical (unpaired) electrons. The molecular formula is C20H27N5OS. The second-order valence-electron chi connectivity index (χ2n) is 8.33. The summed E-state index contributed by atoms with van der Waals surface area (Å²) in [6.07, 6.45) is 7.60. The van der Waals surface area contributed by atoms with Crippen molar-refractivity contribution in [3.05, 3.63) is 16.8 Å². The molecule has 0 unspecified atom stereocenters. The maximum Gasteiger partial charge on any atom is 0.234 e. The van der Waals surface area contributed by atoms with Crippen LogP contribution in [0.2, 0.25) is 0 Å². The van der Waals surface area contributed by atoms with Crippen molar-refractivity contribution in [3.8, 4) is 0 Å². The molecule has 3 aliphatic rings. The fraction of sp³-hybridized carbons (Fsp3) is 0.650. The van der Waals surface area contributed by atoms with E-state index < -0.39 is 0 Å². The number of thiophene rings is 1. The molecule has 0 bridgehead atoms. The van der Waals surface area contributed by atoms with Gasteiger partial charge in [0.25, 0.3) is 0 Å². The summed E-state index contributed by atoms with van der Waals surface area (Å²) in [7, 11) is 0. The number of aryl methyl sites for hydroxylation is 1. The van der Waals surface area contributed by atoms with Gasteiger partial charge < -0.3 is 10.2 Å². The molecule has 1 saturated heterocycles. The Balaban J connectivity index is 1.31. The SMILES string of the molecule is C[C@@H]1CCc2c(sc3ncnc(N4CCN(CC(=O)NC5CC5)CC4)c23)C1. The molecule has 2 fully saturated rings. The number of hydrogen-bond donors (Lipinski definition) is 1. The van der Waals surface area contributed by atoms with E-state index in [4.69, 9.17) is 0 Å². The van der Waals surface area contributed by atoms with E-state index in [1.807, 2.05) is 11.3 Å². The molecule has 0 spiro atoms. The summed E-state index contributed by atoms with van der Waals surface area (Å²) in [5.74, 6) is 2.05. The Morgan fingerprint density at radius 1 is 1.22 bits per heavy atom. The number of amides is 1. The number of hydrogen-bond acceptors (Lipinski definition) is 6. The Bertz CT molecular complexity index is 853. The third-order valence-electron chi connectivity index (χ3n) is 6.05. The zero-order valence-electron chi connectivity index (χ0n) is 15.9. The molecule has 144 valence electrons. The van der Waals surface area contributed by atoms with Gasteiger partial charge in [-0.15, -0.1) is 11.3 Å².